The lowest BCUT2D eigenvalue weighted by molar-refractivity contribution is -0.135. The number of aromatic nitrogens is 4. The van der Waals surface area contributed by atoms with E-state index in [2.05, 4.69) is 25.3 Å². The van der Waals surface area contributed by atoms with E-state index in [4.69, 9.17) is 29.7 Å². The second-order valence-corrected chi connectivity index (χ2v) is 13.5. The third kappa shape index (κ3) is 10.2. The number of imidazole rings is 2. The van der Waals surface area contributed by atoms with Gasteiger partial charge in [-0.2, -0.15) is 0 Å². The number of hydrogen-bond donors (Lipinski definition) is 7. The number of halogens is 1. The molecule has 14 nitrogen and oxygen atoms in total. The van der Waals surface area contributed by atoms with Gasteiger partial charge in [0.25, 0.3) is 17.9 Å². The Balaban J connectivity index is 0.000000532. The number of likely N-dealkylation sites (tertiary alicyclic amines) is 1. The van der Waals surface area contributed by atoms with Crippen LogP contribution in [-0.4, -0.2) is 82.4 Å². The first-order valence-electron chi connectivity index (χ1n) is 16.7. The van der Waals surface area contributed by atoms with Crippen LogP contribution in [0.4, 0.5) is 9.18 Å². The Labute approximate surface area is 301 Å². The molecule has 4 aromatic rings. The number of aromatic amines is 2. The van der Waals surface area contributed by atoms with Gasteiger partial charge in [0.05, 0.1) is 29.8 Å². The van der Waals surface area contributed by atoms with Crippen molar-refractivity contribution < 1.29 is 44.0 Å². The molecule has 2 fully saturated rings. The van der Waals surface area contributed by atoms with Gasteiger partial charge in [0, 0.05) is 32.9 Å². The van der Waals surface area contributed by atoms with Gasteiger partial charge in [-0.1, -0.05) is 51.1 Å². The fourth-order valence-corrected chi connectivity index (χ4v) is 6.46. The zero-order chi connectivity index (χ0) is 38.8. The van der Waals surface area contributed by atoms with Crippen molar-refractivity contribution in [1.82, 2.24) is 30.2 Å². The van der Waals surface area contributed by atoms with Crippen LogP contribution in [0.25, 0.3) is 33.6 Å². The number of benzene rings is 2. The van der Waals surface area contributed by atoms with Gasteiger partial charge in [-0.05, 0) is 66.5 Å². The predicted molar refractivity (Wildman–Crippen MR) is 192 cm³/mol. The van der Waals surface area contributed by atoms with Crippen LogP contribution in [0, 0.1) is 11.2 Å². The highest BCUT2D eigenvalue weighted by molar-refractivity contribution is 5.72. The molecule has 0 radical (unpaired) electrons. The van der Waals surface area contributed by atoms with Crippen LogP contribution in [0.5, 0.6) is 0 Å². The molecule has 0 unspecified atom stereocenters. The van der Waals surface area contributed by atoms with Crippen LogP contribution in [0.2, 0.25) is 0 Å². The maximum atomic E-state index is 15.5. The molecule has 7 N–H and O–H groups in total. The molecular formula is C37H47FN6O8. The number of hydrogen-bond acceptors (Lipinski definition) is 7. The Kier molecular flexibility index (Phi) is 13.8. The number of carbonyl (C=O) groups is 4. The number of amides is 1. The number of nitrogens with one attached hydrogen (secondary N) is 3. The van der Waals surface area contributed by atoms with Crippen molar-refractivity contribution in [3.8, 4) is 33.6 Å². The van der Waals surface area contributed by atoms with Crippen LogP contribution >= 0.6 is 0 Å². The molecule has 0 saturated carbocycles. The summed E-state index contributed by atoms with van der Waals surface area (Å²) in [7, 11) is 0. The molecule has 15 heteroatoms. The Morgan fingerprint density at radius 2 is 1.37 bits per heavy atom. The molecule has 0 aliphatic carbocycles. The average Bonchev–Trinajstić information content (AvgIpc) is 3.86. The lowest BCUT2D eigenvalue weighted by Crippen LogP contribution is -2.53. The van der Waals surface area contributed by atoms with Gasteiger partial charge in [-0.25, -0.2) is 19.2 Å². The van der Waals surface area contributed by atoms with Crippen LogP contribution in [0.15, 0.2) is 54.9 Å². The van der Waals surface area contributed by atoms with Crippen LogP contribution in [0.3, 0.4) is 0 Å². The van der Waals surface area contributed by atoms with Gasteiger partial charge in [0.1, 0.15) is 23.0 Å². The highest BCUT2D eigenvalue weighted by atomic mass is 19.1. The molecule has 1 amide bonds. The lowest BCUT2D eigenvalue weighted by atomic mass is 9.71. The summed E-state index contributed by atoms with van der Waals surface area (Å²) < 4.78 is 15.5. The number of nitrogens with zero attached hydrogens (tertiary/aromatic N) is 3. The summed E-state index contributed by atoms with van der Waals surface area (Å²) in [6, 6.07) is 13.5. The Bertz CT molecular complexity index is 1800. The minimum Gasteiger partial charge on any atom is -0.481 e. The molecule has 2 aliphatic heterocycles. The lowest BCUT2D eigenvalue weighted by Gasteiger charge is -2.45. The summed E-state index contributed by atoms with van der Waals surface area (Å²) in [6.07, 6.45) is 6.16. The van der Waals surface area contributed by atoms with E-state index in [0.29, 0.717) is 30.0 Å². The first-order valence-corrected chi connectivity index (χ1v) is 16.7. The first kappa shape index (κ1) is 40.9. The van der Waals surface area contributed by atoms with Gasteiger partial charge in [0.2, 0.25) is 0 Å². The molecule has 2 atom stereocenters. The maximum Gasteiger partial charge on any atom is 0.408 e. The molecule has 280 valence electrons. The SMILES string of the molecule is CC(=O)O.CC(=O)O.CC(=O)O.CC(C)(C)[C@]1(c2ncc(-c3ccc(-c4ccc(-c5cnc([C@@H]6CCCN6)[nH]5)cc4)cc3F)[nH]2)CCCN1C(=O)O. The van der Waals surface area contributed by atoms with Crippen molar-refractivity contribution in [2.75, 3.05) is 13.1 Å². The summed E-state index contributed by atoms with van der Waals surface area (Å²) >= 11 is 0. The highest BCUT2D eigenvalue weighted by Crippen LogP contribution is 2.50. The Morgan fingerprint density at radius 3 is 1.88 bits per heavy atom. The van der Waals surface area contributed by atoms with E-state index in [1.807, 2.05) is 57.3 Å². The van der Waals surface area contributed by atoms with E-state index in [1.165, 1.54) is 11.0 Å². The molecule has 0 bridgehead atoms. The van der Waals surface area contributed by atoms with Crippen molar-refractivity contribution in [3.63, 3.8) is 0 Å². The largest absolute Gasteiger partial charge is 0.481 e. The second-order valence-electron chi connectivity index (χ2n) is 13.5. The van der Waals surface area contributed by atoms with Crippen molar-refractivity contribution in [2.24, 2.45) is 5.41 Å². The van der Waals surface area contributed by atoms with E-state index in [0.717, 1.165) is 74.8 Å². The zero-order valence-electron chi connectivity index (χ0n) is 30.2. The quantitative estimate of drug-likeness (QED) is 0.111. The predicted octanol–water partition coefficient (Wildman–Crippen LogP) is 6.99. The molecule has 2 aromatic carbocycles. The van der Waals surface area contributed by atoms with E-state index in [1.54, 1.807) is 12.3 Å². The molecule has 4 heterocycles. The number of aliphatic carboxylic acids is 3. The van der Waals surface area contributed by atoms with Crippen molar-refractivity contribution in [1.29, 1.82) is 0 Å². The average molecular weight is 723 g/mol. The first-order chi connectivity index (χ1) is 24.4. The van der Waals surface area contributed by atoms with Crippen LogP contribution < -0.4 is 5.32 Å². The highest BCUT2D eigenvalue weighted by Gasteiger charge is 2.55. The number of carboxylic acid groups (broad SMARTS) is 4. The van der Waals surface area contributed by atoms with Gasteiger partial charge < -0.3 is 35.7 Å². The molecule has 2 aromatic heterocycles. The van der Waals surface area contributed by atoms with Gasteiger partial charge in [0.15, 0.2) is 0 Å². The fraction of sp³-hybridized carbons (Fsp3) is 0.405. The third-order valence-electron chi connectivity index (χ3n) is 8.59. The smallest absolute Gasteiger partial charge is 0.408 e. The van der Waals surface area contributed by atoms with E-state index in [-0.39, 0.29) is 11.9 Å². The molecule has 52 heavy (non-hydrogen) atoms. The van der Waals surface area contributed by atoms with Gasteiger partial charge in [-0.3, -0.25) is 19.3 Å². The minimum absolute atomic E-state index is 0.286. The Morgan fingerprint density at radius 1 is 0.808 bits per heavy atom. The molecule has 6 rings (SSSR count). The van der Waals surface area contributed by atoms with Crippen LogP contribution in [0.1, 0.15) is 84.9 Å². The molecule has 0 spiro atoms. The fourth-order valence-electron chi connectivity index (χ4n) is 6.46. The van der Waals surface area contributed by atoms with Gasteiger partial charge in [-0.15, -0.1) is 0 Å². The Hall–Kier alpha value is -5.57. The maximum absolute atomic E-state index is 15.5. The summed E-state index contributed by atoms with van der Waals surface area (Å²) in [4.78, 5) is 56.5. The standard InChI is InChI=1S/C31H35FN6O2.3C2H4O2/c1-30(2,3)31(13-5-15-38(31)29(39)40)28-35-18-26(37-28)22-12-11-21(16-23(22)32)19-7-9-20(10-8-19)25-17-34-27(36-25)24-6-4-14-33-24;3*1-2(3)4/h7-12,16-18,24,33H,4-6,13-15H2,1-3H3,(H,34,36)(H,35,37)(H,39,40);3*1H3,(H,3,4)/t24-,31+;;;/m0.../s1. The zero-order valence-corrected chi connectivity index (χ0v) is 30.2. The topological polar surface area (TPSA) is 222 Å². The van der Waals surface area contributed by atoms with E-state index < -0.39 is 35.0 Å². The van der Waals surface area contributed by atoms with Gasteiger partial charge >= 0.3 is 6.09 Å². The number of rotatable bonds is 5. The van der Waals surface area contributed by atoms with Crippen LogP contribution in [-0.2, 0) is 19.9 Å². The number of H-pyrrole nitrogens is 2. The van der Waals surface area contributed by atoms with E-state index >= 15 is 4.39 Å². The normalized spacial score (nSPS) is 17.8. The summed E-state index contributed by atoms with van der Waals surface area (Å²) in [5, 5.41) is 35.6. The van der Waals surface area contributed by atoms with E-state index in [9.17, 15) is 9.90 Å². The summed E-state index contributed by atoms with van der Waals surface area (Å²) in [5.74, 6) is -1.35. The molecule has 2 saturated heterocycles. The summed E-state index contributed by atoms with van der Waals surface area (Å²) in [6.45, 7) is 10.8. The number of carboxylic acids is 3. The second kappa shape index (κ2) is 17.6. The van der Waals surface area contributed by atoms with Crippen molar-refractivity contribution in [2.45, 2.75) is 78.8 Å². The monoisotopic (exact) mass is 722 g/mol. The summed E-state index contributed by atoms with van der Waals surface area (Å²) in [5.41, 5.74) is 3.38. The molecule has 2 aliphatic rings. The van der Waals surface area contributed by atoms with Crippen molar-refractivity contribution >= 4 is 24.0 Å². The van der Waals surface area contributed by atoms with Crippen molar-refractivity contribution in [3.05, 3.63) is 72.3 Å². The molecular weight excluding hydrogens is 675 g/mol. The minimum atomic E-state index is -0.967. The third-order valence-corrected chi connectivity index (χ3v) is 8.59.